The molecular formula is C20H14F5N3OS. The largest absolute Gasteiger partial charge is 0.417 e. The second-order valence-electron chi connectivity index (χ2n) is 6.07. The number of rotatable bonds is 6. The SMILES string of the molecule is O=C(CSc1ccc(C(F)(F)F)cn1)N(Cc1ccccn1)c1ccc(F)cc1F. The van der Waals surface area contributed by atoms with E-state index in [1.54, 1.807) is 18.2 Å². The maximum Gasteiger partial charge on any atom is 0.417 e. The van der Waals surface area contributed by atoms with Crippen LogP contribution in [0.3, 0.4) is 0 Å². The van der Waals surface area contributed by atoms with E-state index in [4.69, 9.17) is 0 Å². The standard InChI is InChI=1S/C20H14F5N3OS/c21-14-5-6-17(16(22)9-14)28(11-15-3-1-2-8-26-15)19(29)12-30-18-7-4-13(10-27-18)20(23,24)25/h1-10H,11-12H2. The van der Waals surface area contributed by atoms with E-state index in [9.17, 15) is 26.7 Å². The van der Waals surface area contributed by atoms with Crippen LogP contribution in [0.25, 0.3) is 0 Å². The first-order chi connectivity index (χ1) is 14.2. The average molecular weight is 439 g/mol. The van der Waals surface area contributed by atoms with Crippen molar-refractivity contribution >= 4 is 23.4 Å². The van der Waals surface area contributed by atoms with Crippen molar-refractivity contribution in [1.29, 1.82) is 0 Å². The van der Waals surface area contributed by atoms with E-state index in [2.05, 4.69) is 9.97 Å². The highest BCUT2D eigenvalue weighted by Crippen LogP contribution is 2.30. The zero-order valence-corrected chi connectivity index (χ0v) is 16.1. The summed E-state index contributed by atoms with van der Waals surface area (Å²) in [6.07, 6.45) is -2.32. The number of amides is 1. The second kappa shape index (κ2) is 9.21. The summed E-state index contributed by atoms with van der Waals surface area (Å²) in [5, 5.41) is 0.203. The van der Waals surface area contributed by atoms with Gasteiger partial charge in [-0.25, -0.2) is 13.8 Å². The Kier molecular flexibility index (Phi) is 6.66. The van der Waals surface area contributed by atoms with Gasteiger partial charge in [-0.3, -0.25) is 9.78 Å². The van der Waals surface area contributed by atoms with Crippen molar-refractivity contribution < 1.29 is 26.7 Å². The lowest BCUT2D eigenvalue weighted by Crippen LogP contribution is -2.33. The van der Waals surface area contributed by atoms with Crippen LogP contribution in [0.5, 0.6) is 0 Å². The van der Waals surface area contributed by atoms with Gasteiger partial charge >= 0.3 is 6.18 Å². The van der Waals surface area contributed by atoms with Crippen LogP contribution in [0.1, 0.15) is 11.3 Å². The maximum absolute atomic E-state index is 14.3. The molecule has 0 aliphatic carbocycles. The molecule has 0 radical (unpaired) electrons. The molecule has 2 heterocycles. The van der Waals surface area contributed by atoms with Gasteiger partial charge in [-0.2, -0.15) is 13.2 Å². The minimum Gasteiger partial charge on any atom is -0.303 e. The molecule has 0 saturated heterocycles. The van der Waals surface area contributed by atoms with Gasteiger partial charge in [-0.15, -0.1) is 0 Å². The van der Waals surface area contributed by atoms with Gasteiger partial charge in [0.05, 0.1) is 34.3 Å². The molecule has 0 unspecified atom stereocenters. The normalized spacial score (nSPS) is 11.4. The molecule has 3 aromatic rings. The van der Waals surface area contributed by atoms with E-state index in [0.29, 0.717) is 18.0 Å². The van der Waals surface area contributed by atoms with E-state index < -0.39 is 29.3 Å². The van der Waals surface area contributed by atoms with Gasteiger partial charge in [0, 0.05) is 18.5 Å². The Morgan fingerprint density at radius 1 is 1.03 bits per heavy atom. The lowest BCUT2D eigenvalue weighted by Gasteiger charge is -2.23. The quantitative estimate of drug-likeness (QED) is 0.396. The Labute approximate surface area is 172 Å². The summed E-state index contributed by atoms with van der Waals surface area (Å²) in [7, 11) is 0. The van der Waals surface area contributed by atoms with E-state index in [1.807, 2.05) is 0 Å². The molecule has 156 valence electrons. The summed E-state index contributed by atoms with van der Waals surface area (Å²) in [5.41, 5.74) is -0.552. The number of hydrogen-bond donors (Lipinski definition) is 0. The van der Waals surface area contributed by atoms with Crippen LogP contribution in [0.4, 0.5) is 27.6 Å². The molecule has 0 aliphatic heterocycles. The van der Waals surface area contributed by atoms with Crippen LogP contribution in [0, 0.1) is 11.6 Å². The number of anilines is 1. The highest BCUT2D eigenvalue weighted by molar-refractivity contribution is 7.99. The molecule has 2 aromatic heterocycles. The molecule has 30 heavy (non-hydrogen) atoms. The van der Waals surface area contributed by atoms with Crippen LogP contribution in [-0.2, 0) is 17.5 Å². The Hall–Kier alpha value is -3.01. The molecule has 1 amide bonds. The van der Waals surface area contributed by atoms with Gasteiger partial charge in [0.2, 0.25) is 5.91 Å². The summed E-state index contributed by atoms with van der Waals surface area (Å²) in [6, 6.07) is 9.89. The van der Waals surface area contributed by atoms with Crippen molar-refractivity contribution in [2.75, 3.05) is 10.7 Å². The van der Waals surface area contributed by atoms with Crippen LogP contribution in [0.15, 0.2) is 66.0 Å². The third-order valence-electron chi connectivity index (χ3n) is 3.96. The zero-order valence-electron chi connectivity index (χ0n) is 15.2. The van der Waals surface area contributed by atoms with E-state index in [-0.39, 0.29) is 23.0 Å². The van der Waals surface area contributed by atoms with Crippen LogP contribution in [-0.4, -0.2) is 21.6 Å². The van der Waals surface area contributed by atoms with E-state index >= 15 is 0 Å². The summed E-state index contributed by atoms with van der Waals surface area (Å²) >= 11 is 0.904. The fourth-order valence-corrected chi connectivity index (χ4v) is 3.23. The van der Waals surface area contributed by atoms with Gasteiger partial charge in [-0.1, -0.05) is 17.8 Å². The first kappa shape index (κ1) is 21.7. The summed E-state index contributed by atoms with van der Waals surface area (Å²) in [6.45, 7) is -0.0662. The molecule has 0 bridgehead atoms. The van der Waals surface area contributed by atoms with Gasteiger partial charge in [0.25, 0.3) is 0 Å². The van der Waals surface area contributed by atoms with Gasteiger partial charge in [-0.05, 0) is 36.4 Å². The number of alkyl halides is 3. The van der Waals surface area contributed by atoms with Crippen LogP contribution < -0.4 is 4.90 Å². The Bertz CT molecular complexity index is 1010. The first-order valence-electron chi connectivity index (χ1n) is 8.55. The fraction of sp³-hybridized carbons (Fsp3) is 0.150. The molecule has 0 saturated carbocycles. The van der Waals surface area contributed by atoms with Crippen molar-refractivity contribution in [3.05, 3.63) is 83.8 Å². The molecule has 0 aliphatic rings. The molecule has 0 fully saturated rings. The number of benzene rings is 1. The number of thioether (sulfide) groups is 1. The third-order valence-corrected chi connectivity index (χ3v) is 4.88. The van der Waals surface area contributed by atoms with E-state index in [0.717, 1.165) is 40.9 Å². The van der Waals surface area contributed by atoms with Crippen molar-refractivity contribution in [2.24, 2.45) is 0 Å². The number of carbonyl (C=O) groups is 1. The average Bonchev–Trinajstić information content (AvgIpc) is 2.71. The molecule has 0 atom stereocenters. The van der Waals surface area contributed by atoms with E-state index in [1.165, 1.54) is 6.20 Å². The fourth-order valence-electron chi connectivity index (χ4n) is 2.51. The minimum absolute atomic E-state index is 0.0662. The molecule has 4 nitrogen and oxygen atoms in total. The monoisotopic (exact) mass is 439 g/mol. The second-order valence-corrected chi connectivity index (χ2v) is 7.06. The van der Waals surface area contributed by atoms with Crippen molar-refractivity contribution in [2.45, 2.75) is 17.7 Å². The Balaban J connectivity index is 1.78. The first-order valence-corrected chi connectivity index (χ1v) is 9.54. The minimum atomic E-state index is -4.51. The number of pyridine rings is 2. The Morgan fingerprint density at radius 2 is 1.83 bits per heavy atom. The van der Waals surface area contributed by atoms with Crippen molar-refractivity contribution in [3.8, 4) is 0 Å². The zero-order chi connectivity index (χ0) is 21.7. The van der Waals surface area contributed by atoms with Crippen LogP contribution >= 0.6 is 11.8 Å². The molecule has 1 aromatic carbocycles. The number of halogens is 5. The lowest BCUT2D eigenvalue weighted by molar-refractivity contribution is -0.137. The predicted molar refractivity (Wildman–Crippen MR) is 102 cm³/mol. The summed E-state index contributed by atoms with van der Waals surface area (Å²) in [5.74, 6) is -2.47. The van der Waals surface area contributed by atoms with Crippen molar-refractivity contribution in [1.82, 2.24) is 9.97 Å². The molecule has 0 spiro atoms. The highest BCUT2D eigenvalue weighted by Gasteiger charge is 2.30. The number of carbonyl (C=O) groups excluding carboxylic acids is 1. The van der Waals surface area contributed by atoms with Gasteiger partial charge in [0.1, 0.15) is 11.6 Å². The smallest absolute Gasteiger partial charge is 0.303 e. The van der Waals surface area contributed by atoms with Crippen LogP contribution in [0.2, 0.25) is 0 Å². The maximum atomic E-state index is 14.3. The topological polar surface area (TPSA) is 46.1 Å². The molecular weight excluding hydrogens is 425 g/mol. The predicted octanol–water partition coefficient (Wildman–Crippen LogP) is 5.10. The van der Waals surface area contributed by atoms with Crippen molar-refractivity contribution in [3.63, 3.8) is 0 Å². The Morgan fingerprint density at radius 3 is 2.43 bits per heavy atom. The molecule has 3 rings (SSSR count). The third kappa shape index (κ3) is 5.53. The number of hydrogen-bond acceptors (Lipinski definition) is 4. The molecule has 10 heteroatoms. The van der Waals surface area contributed by atoms with Gasteiger partial charge < -0.3 is 4.90 Å². The number of aromatic nitrogens is 2. The van der Waals surface area contributed by atoms with Gasteiger partial charge in [0.15, 0.2) is 0 Å². The summed E-state index contributed by atoms with van der Waals surface area (Å²) in [4.78, 5) is 21.7. The lowest BCUT2D eigenvalue weighted by atomic mass is 10.2. The summed E-state index contributed by atoms with van der Waals surface area (Å²) < 4.78 is 65.5. The molecule has 0 N–H and O–H groups in total. The number of nitrogens with zero attached hydrogens (tertiary/aromatic N) is 3. The highest BCUT2D eigenvalue weighted by atomic mass is 32.2.